The van der Waals surface area contributed by atoms with Crippen LogP contribution in [-0.2, 0) is 22.6 Å². The van der Waals surface area contributed by atoms with Crippen molar-refractivity contribution in [1.82, 2.24) is 10.2 Å². The van der Waals surface area contributed by atoms with Gasteiger partial charge in [0.2, 0.25) is 5.91 Å². The Morgan fingerprint density at radius 3 is 2.31 bits per heavy atom. The summed E-state index contributed by atoms with van der Waals surface area (Å²) in [4.78, 5) is 29.6. The van der Waals surface area contributed by atoms with E-state index in [4.69, 9.17) is 4.74 Å². The highest BCUT2D eigenvalue weighted by molar-refractivity contribution is 5.88. The highest BCUT2D eigenvalue weighted by Gasteiger charge is 2.32. The fourth-order valence-corrected chi connectivity index (χ4v) is 5.44. The van der Waals surface area contributed by atoms with Crippen LogP contribution >= 0.6 is 0 Å². The first kappa shape index (κ1) is 28.4. The molecule has 0 spiro atoms. The molecule has 1 atom stereocenters. The molecule has 0 bridgehead atoms. The third-order valence-electron chi connectivity index (χ3n) is 7.94. The van der Waals surface area contributed by atoms with Gasteiger partial charge < -0.3 is 15.0 Å². The van der Waals surface area contributed by atoms with Gasteiger partial charge in [-0.2, -0.15) is 0 Å². The number of nitrogens with one attached hydrogen (secondary N) is 1. The summed E-state index contributed by atoms with van der Waals surface area (Å²) in [5, 5.41) is 3.30. The maximum Gasteiger partial charge on any atom is 0.261 e. The monoisotopic (exact) mass is 526 g/mol. The minimum atomic E-state index is -0.648. The predicted molar refractivity (Wildman–Crippen MR) is 157 cm³/mol. The van der Waals surface area contributed by atoms with Gasteiger partial charge in [-0.1, -0.05) is 79.9 Å². The first-order chi connectivity index (χ1) is 18.8. The fraction of sp³-hybridized carbons (Fsp3) is 0.412. The van der Waals surface area contributed by atoms with Crippen LogP contribution in [0.25, 0.3) is 0 Å². The lowest BCUT2D eigenvalue weighted by Gasteiger charge is -2.33. The average molecular weight is 527 g/mol. The van der Waals surface area contributed by atoms with Gasteiger partial charge in [-0.05, 0) is 80.0 Å². The van der Waals surface area contributed by atoms with Gasteiger partial charge in [0.15, 0.2) is 6.61 Å². The van der Waals surface area contributed by atoms with Gasteiger partial charge in [-0.3, -0.25) is 9.59 Å². The standard InChI is InChI=1S/C34H42N2O3/c1-24-19-26(3)27(4)32(20-24)39-23-33(37)36(22-29-16-12-11-13-25(29)2)31(21-28-14-7-5-8-15-28)34(38)35-30-17-9-6-10-18-30/h5,7-8,11-16,19-20,30-31H,6,9-10,17-18,21-23H2,1-4H3,(H,35,38)/t31-/m0/s1. The third-order valence-corrected chi connectivity index (χ3v) is 7.94. The fourth-order valence-electron chi connectivity index (χ4n) is 5.44. The summed E-state index contributed by atoms with van der Waals surface area (Å²) >= 11 is 0. The zero-order valence-corrected chi connectivity index (χ0v) is 23.8. The molecule has 1 saturated carbocycles. The van der Waals surface area contributed by atoms with Crippen molar-refractivity contribution in [3.63, 3.8) is 0 Å². The molecule has 0 aromatic heterocycles. The largest absolute Gasteiger partial charge is 0.483 e. The molecule has 1 aliphatic carbocycles. The van der Waals surface area contributed by atoms with Crippen molar-refractivity contribution < 1.29 is 14.3 Å². The van der Waals surface area contributed by atoms with E-state index in [9.17, 15) is 9.59 Å². The normalized spacial score (nSPS) is 14.5. The minimum absolute atomic E-state index is 0.0877. The quantitative estimate of drug-likeness (QED) is 0.333. The van der Waals surface area contributed by atoms with E-state index in [1.165, 1.54) is 6.42 Å². The van der Waals surface area contributed by atoms with E-state index in [1.807, 2.05) is 88.4 Å². The van der Waals surface area contributed by atoms with E-state index < -0.39 is 6.04 Å². The summed E-state index contributed by atoms with van der Waals surface area (Å²) in [6, 6.07) is 21.6. The van der Waals surface area contributed by atoms with Crippen LogP contribution in [0.3, 0.4) is 0 Å². The Morgan fingerprint density at radius 2 is 1.59 bits per heavy atom. The Hall–Kier alpha value is -3.60. The van der Waals surface area contributed by atoms with Crippen molar-refractivity contribution in [2.75, 3.05) is 6.61 Å². The number of hydrogen-bond acceptors (Lipinski definition) is 3. The summed E-state index contributed by atoms with van der Waals surface area (Å²) in [6.07, 6.45) is 5.90. The van der Waals surface area contributed by atoms with E-state index in [0.717, 1.165) is 59.1 Å². The number of amides is 2. The molecule has 39 heavy (non-hydrogen) atoms. The zero-order chi connectivity index (χ0) is 27.8. The number of carbonyl (C=O) groups is 2. The van der Waals surface area contributed by atoms with Crippen LogP contribution in [0.5, 0.6) is 5.75 Å². The molecule has 1 aliphatic rings. The second-order valence-corrected chi connectivity index (χ2v) is 11.0. The van der Waals surface area contributed by atoms with Crippen molar-refractivity contribution in [1.29, 1.82) is 0 Å². The van der Waals surface area contributed by atoms with Crippen LogP contribution in [0.15, 0.2) is 66.7 Å². The van der Waals surface area contributed by atoms with Crippen LogP contribution in [-0.4, -0.2) is 35.4 Å². The van der Waals surface area contributed by atoms with Crippen LogP contribution in [0, 0.1) is 27.7 Å². The number of rotatable bonds is 10. The predicted octanol–water partition coefficient (Wildman–Crippen LogP) is 6.39. The Morgan fingerprint density at radius 1 is 0.897 bits per heavy atom. The molecule has 0 unspecified atom stereocenters. The zero-order valence-electron chi connectivity index (χ0n) is 23.8. The van der Waals surface area contributed by atoms with Gasteiger partial charge >= 0.3 is 0 Å². The van der Waals surface area contributed by atoms with Crippen LogP contribution in [0.2, 0.25) is 0 Å². The molecular weight excluding hydrogens is 484 g/mol. The van der Waals surface area contributed by atoms with Crippen LogP contribution < -0.4 is 10.1 Å². The van der Waals surface area contributed by atoms with Gasteiger partial charge in [0, 0.05) is 19.0 Å². The van der Waals surface area contributed by atoms with Crippen molar-refractivity contribution in [2.45, 2.75) is 84.8 Å². The first-order valence-electron chi connectivity index (χ1n) is 14.2. The van der Waals surface area contributed by atoms with Crippen molar-refractivity contribution in [3.8, 4) is 5.75 Å². The Balaban J connectivity index is 1.64. The summed E-state index contributed by atoms with van der Waals surface area (Å²) in [5.41, 5.74) is 6.38. The highest BCUT2D eigenvalue weighted by Crippen LogP contribution is 2.24. The Bertz CT molecular complexity index is 1260. The van der Waals surface area contributed by atoms with E-state index in [2.05, 4.69) is 11.4 Å². The topological polar surface area (TPSA) is 58.6 Å². The first-order valence-corrected chi connectivity index (χ1v) is 14.2. The average Bonchev–Trinajstić information content (AvgIpc) is 2.93. The van der Waals surface area contributed by atoms with E-state index in [-0.39, 0.29) is 24.5 Å². The van der Waals surface area contributed by atoms with Gasteiger partial charge in [0.1, 0.15) is 11.8 Å². The molecule has 1 N–H and O–H groups in total. The number of ether oxygens (including phenoxy) is 1. The highest BCUT2D eigenvalue weighted by atomic mass is 16.5. The second kappa shape index (κ2) is 13.5. The van der Waals surface area contributed by atoms with E-state index in [0.29, 0.717) is 18.7 Å². The molecule has 5 nitrogen and oxygen atoms in total. The van der Waals surface area contributed by atoms with Crippen molar-refractivity contribution in [3.05, 3.63) is 100 Å². The number of hydrogen-bond donors (Lipinski definition) is 1. The molecule has 0 aliphatic heterocycles. The summed E-state index contributed by atoms with van der Waals surface area (Å²) < 4.78 is 6.12. The second-order valence-electron chi connectivity index (χ2n) is 11.0. The molecule has 1 fully saturated rings. The van der Waals surface area contributed by atoms with Crippen molar-refractivity contribution in [2.24, 2.45) is 0 Å². The lowest BCUT2D eigenvalue weighted by atomic mass is 9.94. The lowest BCUT2D eigenvalue weighted by molar-refractivity contribution is -0.143. The smallest absolute Gasteiger partial charge is 0.261 e. The molecule has 206 valence electrons. The number of carbonyl (C=O) groups excluding carboxylic acids is 2. The number of aryl methyl sites for hydroxylation is 3. The van der Waals surface area contributed by atoms with Gasteiger partial charge in [-0.15, -0.1) is 0 Å². The third kappa shape index (κ3) is 7.72. The molecule has 2 amide bonds. The van der Waals surface area contributed by atoms with E-state index in [1.54, 1.807) is 4.90 Å². The SMILES string of the molecule is Cc1cc(C)c(C)c(OCC(=O)N(Cc2ccccc2C)[C@@H](Cc2ccccc2)C(=O)NC2CCCCC2)c1. The minimum Gasteiger partial charge on any atom is -0.483 e. The maximum atomic E-state index is 14.0. The van der Waals surface area contributed by atoms with Crippen LogP contribution in [0.1, 0.15) is 65.5 Å². The molecule has 0 heterocycles. The van der Waals surface area contributed by atoms with Crippen molar-refractivity contribution >= 4 is 11.8 Å². The van der Waals surface area contributed by atoms with E-state index >= 15 is 0 Å². The lowest BCUT2D eigenvalue weighted by Crippen LogP contribution is -2.53. The van der Waals surface area contributed by atoms with Gasteiger partial charge in [0.25, 0.3) is 5.91 Å². The molecule has 4 rings (SSSR count). The molecule has 0 saturated heterocycles. The molecule has 5 heteroatoms. The Kier molecular flexibility index (Phi) is 9.80. The summed E-state index contributed by atoms with van der Waals surface area (Å²) in [5.74, 6) is 0.426. The number of nitrogens with zero attached hydrogens (tertiary/aromatic N) is 1. The Labute approximate surface area is 233 Å². The molecular formula is C34H42N2O3. The summed E-state index contributed by atoms with van der Waals surface area (Å²) in [6.45, 7) is 8.34. The molecule has 3 aromatic rings. The summed E-state index contributed by atoms with van der Waals surface area (Å²) in [7, 11) is 0. The maximum absolute atomic E-state index is 14.0. The van der Waals surface area contributed by atoms with Crippen LogP contribution in [0.4, 0.5) is 0 Å². The van der Waals surface area contributed by atoms with Gasteiger partial charge in [0.05, 0.1) is 0 Å². The molecule has 3 aromatic carbocycles. The number of benzene rings is 3. The van der Waals surface area contributed by atoms with Gasteiger partial charge in [-0.25, -0.2) is 0 Å². The molecule has 0 radical (unpaired) electrons.